The molecule has 0 bridgehead atoms. The van der Waals surface area contributed by atoms with Crippen molar-refractivity contribution in [2.24, 2.45) is 0 Å². The highest BCUT2D eigenvalue weighted by atomic mass is 16.5. The van der Waals surface area contributed by atoms with E-state index in [1.165, 1.54) is 19.3 Å². The zero-order valence-corrected chi connectivity index (χ0v) is 12.6. The van der Waals surface area contributed by atoms with Gasteiger partial charge in [0.2, 0.25) is 0 Å². The molecular weight excluding hydrogens is 254 g/mol. The number of nitrogens with one attached hydrogen (secondary N) is 1. The predicted octanol–water partition coefficient (Wildman–Crippen LogP) is 2.75. The second-order valence-corrected chi connectivity index (χ2v) is 5.28. The number of benzene rings is 1. The van der Waals surface area contributed by atoms with Crippen molar-refractivity contribution < 1.29 is 14.2 Å². The minimum atomic E-state index is 0.402. The van der Waals surface area contributed by atoms with E-state index in [2.05, 4.69) is 11.4 Å². The Hall–Kier alpha value is -1.26. The molecule has 1 aromatic rings. The molecule has 0 spiro atoms. The lowest BCUT2D eigenvalue weighted by atomic mass is 9.92. The predicted molar refractivity (Wildman–Crippen MR) is 79.4 cm³/mol. The van der Waals surface area contributed by atoms with Gasteiger partial charge in [0.15, 0.2) is 0 Å². The second-order valence-electron chi connectivity index (χ2n) is 5.28. The molecule has 1 aromatic carbocycles. The fourth-order valence-corrected chi connectivity index (χ4v) is 2.80. The minimum absolute atomic E-state index is 0.402. The van der Waals surface area contributed by atoms with Gasteiger partial charge in [0, 0.05) is 31.3 Å². The van der Waals surface area contributed by atoms with Crippen LogP contribution in [0, 0.1) is 0 Å². The van der Waals surface area contributed by atoms with Crippen LogP contribution in [0.1, 0.15) is 31.2 Å². The highest BCUT2D eigenvalue weighted by molar-refractivity contribution is 5.40. The summed E-state index contributed by atoms with van der Waals surface area (Å²) in [4.78, 5) is 0. The standard InChI is InChI=1S/C16H25NO3/c1-18-14-6-4-5-13(9-14)17-11-12-7-8-15(19-2)10-16(12)20-3/h7-8,10,13-14,17H,4-6,9,11H2,1-3H3/t13-,14-/m1/s1. The van der Waals surface area contributed by atoms with E-state index in [1.807, 2.05) is 12.1 Å². The van der Waals surface area contributed by atoms with Gasteiger partial charge in [-0.2, -0.15) is 0 Å². The van der Waals surface area contributed by atoms with Crippen LogP contribution < -0.4 is 14.8 Å². The lowest BCUT2D eigenvalue weighted by Crippen LogP contribution is -2.36. The summed E-state index contributed by atoms with van der Waals surface area (Å²) in [6.45, 7) is 0.814. The molecule has 2 atom stereocenters. The summed E-state index contributed by atoms with van der Waals surface area (Å²) in [5.41, 5.74) is 1.16. The highest BCUT2D eigenvalue weighted by Gasteiger charge is 2.21. The van der Waals surface area contributed by atoms with E-state index < -0.39 is 0 Å². The van der Waals surface area contributed by atoms with Crippen LogP contribution in [0.15, 0.2) is 18.2 Å². The van der Waals surface area contributed by atoms with Gasteiger partial charge >= 0.3 is 0 Å². The van der Waals surface area contributed by atoms with Gasteiger partial charge in [-0.15, -0.1) is 0 Å². The van der Waals surface area contributed by atoms with Crippen molar-refractivity contribution in [3.63, 3.8) is 0 Å². The van der Waals surface area contributed by atoms with Gasteiger partial charge in [-0.25, -0.2) is 0 Å². The zero-order valence-electron chi connectivity index (χ0n) is 12.6. The maximum atomic E-state index is 5.47. The van der Waals surface area contributed by atoms with Crippen LogP contribution in [0.3, 0.4) is 0 Å². The second kappa shape index (κ2) is 7.50. The van der Waals surface area contributed by atoms with Gasteiger partial charge in [0.1, 0.15) is 11.5 Å². The van der Waals surface area contributed by atoms with E-state index in [1.54, 1.807) is 21.3 Å². The Kier molecular flexibility index (Phi) is 5.68. The van der Waals surface area contributed by atoms with Gasteiger partial charge in [-0.3, -0.25) is 0 Å². The summed E-state index contributed by atoms with van der Waals surface area (Å²) in [6.07, 6.45) is 5.13. The molecule has 0 radical (unpaired) electrons. The summed E-state index contributed by atoms with van der Waals surface area (Å²) in [7, 11) is 5.17. The molecule has 4 heteroatoms. The molecule has 1 saturated carbocycles. The van der Waals surface area contributed by atoms with Gasteiger partial charge in [0.25, 0.3) is 0 Å². The van der Waals surface area contributed by atoms with Gasteiger partial charge in [-0.05, 0) is 31.7 Å². The Balaban J connectivity index is 1.93. The van der Waals surface area contributed by atoms with E-state index >= 15 is 0 Å². The van der Waals surface area contributed by atoms with Crippen molar-refractivity contribution in [3.05, 3.63) is 23.8 Å². The lowest BCUT2D eigenvalue weighted by molar-refractivity contribution is 0.0586. The minimum Gasteiger partial charge on any atom is -0.497 e. The summed E-state index contributed by atoms with van der Waals surface area (Å²) >= 11 is 0. The summed E-state index contributed by atoms with van der Waals surface area (Å²) in [6, 6.07) is 6.48. The van der Waals surface area contributed by atoms with Crippen LogP contribution in [-0.4, -0.2) is 33.5 Å². The largest absolute Gasteiger partial charge is 0.497 e. The maximum absolute atomic E-state index is 5.47. The van der Waals surface area contributed by atoms with Crippen molar-refractivity contribution >= 4 is 0 Å². The molecule has 1 aliphatic rings. The molecule has 1 fully saturated rings. The quantitative estimate of drug-likeness (QED) is 0.869. The monoisotopic (exact) mass is 279 g/mol. The van der Waals surface area contributed by atoms with Gasteiger partial charge in [0.05, 0.1) is 20.3 Å². The average molecular weight is 279 g/mol. The molecular formula is C16H25NO3. The van der Waals surface area contributed by atoms with Crippen molar-refractivity contribution in [1.82, 2.24) is 5.32 Å². The van der Waals surface area contributed by atoms with Crippen LogP contribution in [0.5, 0.6) is 11.5 Å². The third kappa shape index (κ3) is 3.87. The Bertz CT molecular complexity index is 422. The Morgan fingerprint density at radius 1 is 1.15 bits per heavy atom. The molecule has 1 N–H and O–H groups in total. The number of methoxy groups -OCH3 is 3. The third-order valence-corrected chi connectivity index (χ3v) is 4.03. The van der Waals surface area contributed by atoms with Gasteiger partial charge < -0.3 is 19.5 Å². The summed E-state index contributed by atoms with van der Waals surface area (Å²) in [5, 5.41) is 3.61. The summed E-state index contributed by atoms with van der Waals surface area (Å²) in [5.74, 6) is 1.69. The molecule has 0 saturated heterocycles. The smallest absolute Gasteiger partial charge is 0.127 e. The Morgan fingerprint density at radius 3 is 2.70 bits per heavy atom. The fourth-order valence-electron chi connectivity index (χ4n) is 2.80. The van der Waals surface area contributed by atoms with Crippen LogP contribution in [0.4, 0.5) is 0 Å². The maximum Gasteiger partial charge on any atom is 0.127 e. The molecule has 112 valence electrons. The fraction of sp³-hybridized carbons (Fsp3) is 0.625. The van der Waals surface area contributed by atoms with E-state index in [0.29, 0.717) is 12.1 Å². The van der Waals surface area contributed by atoms with E-state index in [4.69, 9.17) is 14.2 Å². The van der Waals surface area contributed by atoms with E-state index in [9.17, 15) is 0 Å². The van der Waals surface area contributed by atoms with Crippen molar-refractivity contribution in [2.45, 2.75) is 44.4 Å². The van der Waals surface area contributed by atoms with Crippen molar-refractivity contribution in [2.75, 3.05) is 21.3 Å². The van der Waals surface area contributed by atoms with Crippen LogP contribution in [0.2, 0.25) is 0 Å². The first-order chi connectivity index (χ1) is 9.76. The number of hydrogen-bond acceptors (Lipinski definition) is 4. The first kappa shape index (κ1) is 15.1. The number of rotatable bonds is 6. The molecule has 0 heterocycles. The molecule has 0 aromatic heterocycles. The topological polar surface area (TPSA) is 39.7 Å². The molecule has 1 aliphatic carbocycles. The molecule has 2 rings (SSSR count). The molecule has 20 heavy (non-hydrogen) atoms. The highest BCUT2D eigenvalue weighted by Crippen LogP contribution is 2.26. The zero-order chi connectivity index (χ0) is 14.4. The van der Waals surface area contributed by atoms with Crippen LogP contribution in [-0.2, 0) is 11.3 Å². The normalized spacial score (nSPS) is 22.6. The molecule has 0 amide bonds. The number of ether oxygens (including phenoxy) is 3. The first-order valence-corrected chi connectivity index (χ1v) is 7.24. The van der Waals surface area contributed by atoms with E-state index in [0.717, 1.165) is 30.0 Å². The SMILES string of the molecule is COc1ccc(CN[C@@H]2CCC[C@@H](OC)C2)c(OC)c1. The number of hydrogen-bond donors (Lipinski definition) is 1. The lowest BCUT2D eigenvalue weighted by Gasteiger charge is -2.29. The Morgan fingerprint density at radius 2 is 2.00 bits per heavy atom. The van der Waals surface area contributed by atoms with Crippen molar-refractivity contribution in [1.29, 1.82) is 0 Å². The molecule has 4 nitrogen and oxygen atoms in total. The van der Waals surface area contributed by atoms with E-state index in [-0.39, 0.29) is 0 Å². The summed E-state index contributed by atoms with van der Waals surface area (Å²) < 4.78 is 16.1. The van der Waals surface area contributed by atoms with Crippen LogP contribution in [0.25, 0.3) is 0 Å². The van der Waals surface area contributed by atoms with Crippen LogP contribution >= 0.6 is 0 Å². The average Bonchev–Trinajstić information content (AvgIpc) is 2.52. The molecule has 0 aliphatic heterocycles. The van der Waals surface area contributed by atoms with Gasteiger partial charge in [-0.1, -0.05) is 6.07 Å². The van der Waals surface area contributed by atoms with Crippen molar-refractivity contribution in [3.8, 4) is 11.5 Å². The third-order valence-electron chi connectivity index (χ3n) is 4.03. The molecule has 0 unspecified atom stereocenters. The first-order valence-electron chi connectivity index (χ1n) is 7.24. The Labute approximate surface area is 121 Å².